The lowest BCUT2D eigenvalue weighted by molar-refractivity contribution is -0.131. The number of hydrogen-bond donors (Lipinski definition) is 4. The Balaban J connectivity index is 1.81. The normalized spacial score (nSPS) is 16.5. The van der Waals surface area contributed by atoms with Gasteiger partial charge < -0.3 is 21.7 Å². The van der Waals surface area contributed by atoms with E-state index in [1.54, 1.807) is 0 Å². The van der Waals surface area contributed by atoms with Crippen LogP contribution in [0.1, 0.15) is 78.2 Å². The Kier molecular flexibility index (Phi) is 12.9. The van der Waals surface area contributed by atoms with Crippen molar-refractivity contribution in [2.45, 2.75) is 90.4 Å². The molecule has 5 N–H and O–H groups in total. The van der Waals surface area contributed by atoms with Crippen molar-refractivity contribution >= 4 is 38.9 Å². The van der Waals surface area contributed by atoms with Crippen LogP contribution in [0.4, 0.5) is 0 Å². The van der Waals surface area contributed by atoms with E-state index in [1.807, 2.05) is 45.0 Å². The van der Waals surface area contributed by atoms with Crippen molar-refractivity contribution in [3.63, 3.8) is 0 Å². The molecule has 10 nitrogen and oxygen atoms in total. The number of carbonyl (C=O) groups is 3. The molecule has 0 unspecified atom stereocenters. The molecule has 0 saturated heterocycles. The molecule has 2 aromatic rings. The minimum absolute atomic E-state index is 0.0450. The lowest BCUT2D eigenvalue weighted by atomic mass is 9.83. The number of nitrogens with two attached hydrogens (primary N) is 1. The monoisotopic (exact) mass is 631 g/mol. The van der Waals surface area contributed by atoms with Crippen molar-refractivity contribution in [3.05, 3.63) is 63.0 Å². The molecule has 3 atom stereocenters. The second kappa shape index (κ2) is 16.1. The van der Waals surface area contributed by atoms with E-state index >= 15 is 0 Å². The van der Waals surface area contributed by atoms with Gasteiger partial charge in [0.25, 0.3) is 5.91 Å². The Morgan fingerprint density at radius 2 is 1.67 bits per heavy atom. The largest absolute Gasteiger partial charge is 0.348 e. The fourth-order valence-corrected chi connectivity index (χ4v) is 6.42. The molecular weight excluding hydrogens is 587 g/mol. The van der Waals surface area contributed by atoms with Crippen LogP contribution >= 0.6 is 11.3 Å². The topological polar surface area (TPSA) is 160 Å². The van der Waals surface area contributed by atoms with Gasteiger partial charge in [0.2, 0.25) is 11.8 Å². The number of aromatic nitrogens is 1. The average Bonchev–Trinajstić information content (AvgIpc) is 3.40. The highest BCUT2D eigenvalue weighted by Crippen LogP contribution is 2.27. The maximum absolute atomic E-state index is 13.8. The highest BCUT2D eigenvalue weighted by Gasteiger charge is 2.34. The molecule has 1 aromatic carbocycles. The first-order valence-corrected chi connectivity index (χ1v) is 17.6. The van der Waals surface area contributed by atoms with E-state index in [4.69, 9.17) is 5.73 Å². The summed E-state index contributed by atoms with van der Waals surface area (Å²) in [6, 6.07) is 5.26. The fraction of sp³-hybridized carbons (Fsp3) is 0.548. The van der Waals surface area contributed by atoms with Gasteiger partial charge in [0.05, 0.1) is 17.2 Å². The van der Waals surface area contributed by atoms with Gasteiger partial charge >= 0.3 is 0 Å². The number of sulfone groups is 1. The van der Waals surface area contributed by atoms with Crippen LogP contribution in [0.5, 0.6) is 0 Å². The maximum Gasteiger partial charge on any atom is 0.263 e. The summed E-state index contributed by atoms with van der Waals surface area (Å²) in [5.74, 6) is -1.14. The summed E-state index contributed by atoms with van der Waals surface area (Å²) >= 11 is 1.26. The molecule has 1 saturated carbocycles. The number of benzene rings is 1. The Morgan fingerprint density at radius 3 is 2.23 bits per heavy atom. The van der Waals surface area contributed by atoms with Crippen LogP contribution in [0.2, 0.25) is 0 Å². The van der Waals surface area contributed by atoms with Crippen molar-refractivity contribution in [3.8, 4) is 0 Å². The van der Waals surface area contributed by atoms with Crippen LogP contribution in [-0.4, -0.2) is 55.5 Å². The average molecular weight is 632 g/mol. The third kappa shape index (κ3) is 11.5. The summed E-state index contributed by atoms with van der Waals surface area (Å²) in [6.45, 7) is 6.13. The smallest absolute Gasteiger partial charge is 0.263 e. The summed E-state index contributed by atoms with van der Waals surface area (Å²) < 4.78 is 23.8. The SMILES string of the molecule is Cc1ncc(C(=O)N[C@H](C(=O)N[C@@H](CC(C)C)C(=O)N[C@H](/C=C/S(C)(=O)=O)Cc2ccc(CN)cc2)C2CCCCC2)s1. The number of amides is 3. The van der Waals surface area contributed by atoms with Crippen molar-refractivity contribution in [1.82, 2.24) is 20.9 Å². The molecule has 236 valence electrons. The summed E-state index contributed by atoms with van der Waals surface area (Å²) in [6.07, 6.45) is 9.42. The molecule has 1 aliphatic rings. The molecule has 1 aromatic heterocycles. The van der Waals surface area contributed by atoms with Crippen molar-refractivity contribution in [1.29, 1.82) is 0 Å². The van der Waals surface area contributed by atoms with Gasteiger partial charge in [0, 0.05) is 18.2 Å². The van der Waals surface area contributed by atoms with Crippen LogP contribution < -0.4 is 21.7 Å². The van der Waals surface area contributed by atoms with E-state index in [2.05, 4.69) is 20.9 Å². The van der Waals surface area contributed by atoms with E-state index in [9.17, 15) is 22.8 Å². The molecule has 12 heteroatoms. The van der Waals surface area contributed by atoms with Crippen molar-refractivity contribution < 1.29 is 22.8 Å². The molecule has 0 radical (unpaired) electrons. The molecule has 0 bridgehead atoms. The highest BCUT2D eigenvalue weighted by atomic mass is 32.2. The Morgan fingerprint density at radius 1 is 1.02 bits per heavy atom. The zero-order valence-corrected chi connectivity index (χ0v) is 27.1. The lowest BCUT2D eigenvalue weighted by Gasteiger charge is -2.31. The Labute approximate surface area is 259 Å². The molecule has 0 spiro atoms. The predicted molar refractivity (Wildman–Crippen MR) is 170 cm³/mol. The first kappa shape index (κ1) is 34.4. The van der Waals surface area contributed by atoms with E-state index in [0.717, 1.165) is 59.9 Å². The fourth-order valence-electron chi connectivity index (χ4n) is 5.26. The van der Waals surface area contributed by atoms with E-state index < -0.39 is 39.8 Å². The predicted octanol–water partition coefficient (Wildman–Crippen LogP) is 3.41. The van der Waals surface area contributed by atoms with E-state index in [1.165, 1.54) is 23.6 Å². The van der Waals surface area contributed by atoms with Crippen LogP contribution in [0.25, 0.3) is 0 Å². The Hall–Kier alpha value is -3.09. The summed E-state index contributed by atoms with van der Waals surface area (Å²) in [7, 11) is -3.43. The molecule has 3 rings (SSSR count). The molecule has 1 aliphatic carbocycles. The quantitative estimate of drug-likeness (QED) is 0.249. The number of hydrogen-bond acceptors (Lipinski definition) is 8. The van der Waals surface area contributed by atoms with Gasteiger partial charge in [-0.15, -0.1) is 11.3 Å². The minimum atomic E-state index is -3.43. The lowest BCUT2D eigenvalue weighted by Crippen LogP contribution is -2.57. The number of rotatable bonds is 14. The van der Waals surface area contributed by atoms with E-state index in [0.29, 0.717) is 24.3 Å². The summed E-state index contributed by atoms with van der Waals surface area (Å²) in [5.41, 5.74) is 7.56. The molecule has 3 amide bonds. The zero-order valence-electron chi connectivity index (χ0n) is 25.5. The van der Waals surface area contributed by atoms with Crippen LogP contribution in [0.3, 0.4) is 0 Å². The molecular formula is C31H45N5O5S2. The van der Waals surface area contributed by atoms with Gasteiger partial charge in [0.15, 0.2) is 9.84 Å². The van der Waals surface area contributed by atoms with Gasteiger partial charge in [-0.1, -0.05) is 63.5 Å². The van der Waals surface area contributed by atoms with Crippen LogP contribution in [0.15, 0.2) is 41.9 Å². The third-order valence-corrected chi connectivity index (χ3v) is 9.04. The minimum Gasteiger partial charge on any atom is -0.348 e. The number of carbonyl (C=O) groups excluding carboxylic acids is 3. The zero-order chi connectivity index (χ0) is 31.6. The van der Waals surface area contributed by atoms with Gasteiger partial charge in [-0.25, -0.2) is 13.4 Å². The third-order valence-electron chi connectivity index (χ3n) is 7.48. The standard InChI is InChI=1S/C31H45N5O5S2/c1-20(2)16-26(29(37)34-25(14-15-43(4,40)41)17-22-10-12-23(18-32)13-11-22)35-31(39)28(24-8-6-5-7-9-24)36-30(38)27-19-33-21(3)42-27/h10-15,19-20,24-26,28H,5-9,16-18,32H2,1-4H3,(H,34,37)(H,35,39)(H,36,38)/b15-14+/t25-,26+,28+/m1/s1. The first-order valence-electron chi connectivity index (χ1n) is 14.8. The maximum atomic E-state index is 13.8. The van der Waals surface area contributed by atoms with Crippen LogP contribution in [-0.2, 0) is 32.4 Å². The molecule has 1 heterocycles. The Bertz CT molecular complexity index is 1370. The van der Waals surface area contributed by atoms with E-state index in [-0.39, 0.29) is 17.7 Å². The number of thiazole rings is 1. The molecule has 1 fully saturated rings. The van der Waals surface area contributed by atoms with Crippen LogP contribution in [0, 0.1) is 18.8 Å². The second-order valence-corrected chi connectivity index (χ2v) is 14.9. The summed E-state index contributed by atoms with van der Waals surface area (Å²) in [4.78, 5) is 45.1. The highest BCUT2D eigenvalue weighted by molar-refractivity contribution is 7.93. The number of nitrogens with zero attached hydrogens (tertiary/aromatic N) is 1. The van der Waals surface area contributed by atoms with Gasteiger partial charge in [-0.3, -0.25) is 14.4 Å². The van der Waals surface area contributed by atoms with Gasteiger partial charge in [-0.2, -0.15) is 0 Å². The number of nitrogens with one attached hydrogen (secondary N) is 3. The molecule has 43 heavy (non-hydrogen) atoms. The summed E-state index contributed by atoms with van der Waals surface area (Å²) in [5, 5.41) is 10.6. The van der Waals surface area contributed by atoms with Gasteiger partial charge in [0.1, 0.15) is 17.0 Å². The molecule has 0 aliphatic heterocycles. The number of aryl methyl sites for hydroxylation is 1. The van der Waals surface area contributed by atoms with Crippen molar-refractivity contribution in [2.75, 3.05) is 6.26 Å². The van der Waals surface area contributed by atoms with Crippen molar-refractivity contribution in [2.24, 2.45) is 17.6 Å². The van der Waals surface area contributed by atoms with Gasteiger partial charge in [-0.05, 0) is 55.6 Å². The first-order chi connectivity index (χ1) is 20.3. The second-order valence-electron chi connectivity index (χ2n) is 11.8.